The molecule has 0 radical (unpaired) electrons. The molecule has 1 rings (SSSR count). The molecule has 0 unspecified atom stereocenters. The summed E-state index contributed by atoms with van der Waals surface area (Å²) in [4.78, 5) is 11.6. The van der Waals surface area contributed by atoms with Gasteiger partial charge in [-0.3, -0.25) is 4.79 Å². The first-order valence-electron chi connectivity index (χ1n) is 7.05. The number of benzene rings is 1. The second-order valence-electron chi connectivity index (χ2n) is 4.67. The van der Waals surface area contributed by atoms with Crippen LogP contribution in [0.4, 0.5) is 4.39 Å². The van der Waals surface area contributed by atoms with Crippen LogP contribution in [-0.2, 0) is 4.79 Å². The third-order valence-corrected chi connectivity index (χ3v) is 3.31. The molecule has 0 bridgehead atoms. The first-order valence-corrected chi connectivity index (χ1v) is 7.43. The summed E-state index contributed by atoms with van der Waals surface area (Å²) in [6.45, 7) is 2.82. The second-order valence-corrected chi connectivity index (χ2v) is 5.08. The Morgan fingerprint density at radius 2 is 2.05 bits per heavy atom. The molecule has 2 nitrogen and oxygen atoms in total. The fraction of sp³-hybridized carbons (Fsp3) is 0.438. The van der Waals surface area contributed by atoms with Gasteiger partial charge in [-0.05, 0) is 24.6 Å². The van der Waals surface area contributed by atoms with Crippen molar-refractivity contribution in [2.75, 3.05) is 6.54 Å². The van der Waals surface area contributed by atoms with Gasteiger partial charge in [0.25, 0.3) is 0 Å². The van der Waals surface area contributed by atoms with Crippen LogP contribution in [0.3, 0.4) is 0 Å². The fourth-order valence-corrected chi connectivity index (χ4v) is 2.05. The molecule has 1 aromatic rings. The molecule has 110 valence electrons. The topological polar surface area (TPSA) is 29.1 Å². The summed E-state index contributed by atoms with van der Waals surface area (Å²) in [7, 11) is 0. The van der Waals surface area contributed by atoms with E-state index in [2.05, 4.69) is 12.2 Å². The van der Waals surface area contributed by atoms with Crippen LogP contribution in [0.2, 0.25) is 5.02 Å². The van der Waals surface area contributed by atoms with E-state index in [1.165, 1.54) is 43.5 Å². The van der Waals surface area contributed by atoms with E-state index in [0.29, 0.717) is 11.6 Å². The summed E-state index contributed by atoms with van der Waals surface area (Å²) in [6.07, 6.45) is 8.46. The van der Waals surface area contributed by atoms with Gasteiger partial charge in [-0.1, -0.05) is 50.3 Å². The zero-order valence-electron chi connectivity index (χ0n) is 11.8. The van der Waals surface area contributed by atoms with Gasteiger partial charge in [0.1, 0.15) is 5.82 Å². The molecule has 20 heavy (non-hydrogen) atoms. The zero-order valence-corrected chi connectivity index (χ0v) is 12.5. The maximum atomic E-state index is 13.5. The number of unbranched alkanes of at least 4 members (excludes halogenated alkanes) is 4. The molecule has 0 aromatic heterocycles. The normalized spacial score (nSPS) is 10.9. The van der Waals surface area contributed by atoms with Crippen LogP contribution in [0.1, 0.15) is 44.6 Å². The number of hydrogen-bond acceptors (Lipinski definition) is 1. The summed E-state index contributed by atoms with van der Waals surface area (Å²) in [6, 6.07) is 4.44. The molecule has 1 N–H and O–H groups in total. The van der Waals surface area contributed by atoms with Crippen LogP contribution in [0, 0.1) is 5.82 Å². The highest BCUT2D eigenvalue weighted by Crippen LogP contribution is 2.20. The molecule has 0 heterocycles. The molecule has 0 aliphatic carbocycles. The Hall–Kier alpha value is -1.35. The molecule has 0 atom stereocenters. The maximum Gasteiger partial charge on any atom is 0.244 e. The van der Waals surface area contributed by atoms with E-state index in [9.17, 15) is 9.18 Å². The lowest BCUT2D eigenvalue weighted by molar-refractivity contribution is -0.116. The largest absolute Gasteiger partial charge is 0.353 e. The van der Waals surface area contributed by atoms with E-state index >= 15 is 0 Å². The SMILES string of the molecule is CCCCCCCNC(=O)/C=C/c1c(F)cccc1Cl. The van der Waals surface area contributed by atoms with Crippen LogP contribution in [-0.4, -0.2) is 12.5 Å². The van der Waals surface area contributed by atoms with E-state index in [1.54, 1.807) is 6.07 Å². The quantitative estimate of drug-likeness (QED) is 0.552. The van der Waals surface area contributed by atoms with Crippen LogP contribution >= 0.6 is 11.6 Å². The van der Waals surface area contributed by atoms with Gasteiger partial charge < -0.3 is 5.32 Å². The number of carbonyl (C=O) groups is 1. The molecule has 4 heteroatoms. The average molecular weight is 298 g/mol. The van der Waals surface area contributed by atoms with Gasteiger partial charge in [-0.15, -0.1) is 0 Å². The third kappa shape index (κ3) is 6.20. The van der Waals surface area contributed by atoms with E-state index in [4.69, 9.17) is 11.6 Å². The minimum Gasteiger partial charge on any atom is -0.353 e. The monoisotopic (exact) mass is 297 g/mol. The van der Waals surface area contributed by atoms with Gasteiger partial charge in [0.05, 0.1) is 5.02 Å². The van der Waals surface area contributed by atoms with Crippen molar-refractivity contribution in [1.29, 1.82) is 0 Å². The van der Waals surface area contributed by atoms with Gasteiger partial charge in [0.2, 0.25) is 5.91 Å². The summed E-state index contributed by atoms with van der Waals surface area (Å²) < 4.78 is 13.5. The molecule has 0 aliphatic heterocycles. The average Bonchev–Trinajstić information content (AvgIpc) is 2.42. The van der Waals surface area contributed by atoms with E-state index < -0.39 is 5.82 Å². The molecule has 1 aromatic carbocycles. The lowest BCUT2D eigenvalue weighted by Crippen LogP contribution is -2.21. The smallest absolute Gasteiger partial charge is 0.244 e. The van der Waals surface area contributed by atoms with Crippen molar-refractivity contribution in [1.82, 2.24) is 5.32 Å². The maximum absolute atomic E-state index is 13.5. The highest BCUT2D eigenvalue weighted by atomic mass is 35.5. The molecule has 0 fully saturated rings. The van der Waals surface area contributed by atoms with Crippen LogP contribution in [0.25, 0.3) is 6.08 Å². The van der Waals surface area contributed by atoms with Crippen molar-refractivity contribution < 1.29 is 9.18 Å². The van der Waals surface area contributed by atoms with Crippen LogP contribution in [0.15, 0.2) is 24.3 Å². The van der Waals surface area contributed by atoms with Gasteiger partial charge in [-0.25, -0.2) is 4.39 Å². The van der Waals surface area contributed by atoms with E-state index in [-0.39, 0.29) is 11.5 Å². The minimum absolute atomic E-state index is 0.222. The van der Waals surface area contributed by atoms with E-state index in [1.807, 2.05) is 0 Å². The van der Waals surface area contributed by atoms with Crippen molar-refractivity contribution in [2.24, 2.45) is 0 Å². The van der Waals surface area contributed by atoms with Gasteiger partial charge in [0.15, 0.2) is 0 Å². The van der Waals surface area contributed by atoms with Crippen molar-refractivity contribution in [3.63, 3.8) is 0 Å². The number of amides is 1. The van der Waals surface area contributed by atoms with Crippen LogP contribution < -0.4 is 5.32 Å². The third-order valence-electron chi connectivity index (χ3n) is 2.98. The Morgan fingerprint density at radius 3 is 2.75 bits per heavy atom. The molecule has 0 saturated heterocycles. The first kappa shape index (κ1) is 16.7. The number of rotatable bonds is 8. The molecule has 0 saturated carbocycles. The van der Waals surface area contributed by atoms with Crippen LogP contribution in [0.5, 0.6) is 0 Å². The predicted octanol–water partition coefficient (Wildman–Crippen LogP) is 4.58. The number of hydrogen-bond donors (Lipinski definition) is 1. The van der Waals surface area contributed by atoms with Crippen molar-refractivity contribution in [3.05, 3.63) is 40.7 Å². The lowest BCUT2D eigenvalue weighted by atomic mass is 10.1. The second kappa shape index (κ2) is 9.54. The van der Waals surface area contributed by atoms with Crippen molar-refractivity contribution >= 4 is 23.6 Å². The first-order chi connectivity index (χ1) is 9.65. The summed E-state index contributed by atoms with van der Waals surface area (Å²) >= 11 is 5.87. The van der Waals surface area contributed by atoms with E-state index in [0.717, 1.165) is 12.8 Å². The number of carbonyl (C=O) groups excluding carboxylic acids is 1. The molecule has 0 spiro atoms. The molecule has 0 aliphatic rings. The van der Waals surface area contributed by atoms with Gasteiger partial charge >= 0.3 is 0 Å². The molecular weight excluding hydrogens is 277 g/mol. The minimum atomic E-state index is -0.430. The molecular formula is C16H21ClFNO. The highest BCUT2D eigenvalue weighted by molar-refractivity contribution is 6.32. The summed E-state index contributed by atoms with van der Waals surface area (Å²) in [5.74, 6) is -0.652. The highest BCUT2D eigenvalue weighted by Gasteiger charge is 2.03. The Bertz CT molecular complexity index is 440. The molecule has 1 amide bonds. The Morgan fingerprint density at radius 1 is 1.30 bits per heavy atom. The zero-order chi connectivity index (χ0) is 14.8. The summed E-state index contributed by atoms with van der Waals surface area (Å²) in [5, 5.41) is 3.08. The number of halogens is 2. The lowest BCUT2D eigenvalue weighted by Gasteiger charge is -2.02. The number of nitrogens with one attached hydrogen (secondary N) is 1. The Kier molecular flexibility index (Phi) is 7.97. The Labute approximate surface area is 125 Å². The predicted molar refractivity (Wildman–Crippen MR) is 82.2 cm³/mol. The van der Waals surface area contributed by atoms with Crippen molar-refractivity contribution in [2.45, 2.75) is 39.0 Å². The Balaban J connectivity index is 2.33. The fourth-order valence-electron chi connectivity index (χ4n) is 1.83. The summed E-state index contributed by atoms with van der Waals surface area (Å²) in [5.41, 5.74) is 0.243. The standard InChI is InChI=1S/C16H21ClFNO/c1-2-3-4-5-6-12-19-16(20)11-10-13-14(17)8-7-9-15(13)18/h7-11H,2-6,12H2,1H3,(H,19,20)/b11-10+. The van der Waals surface area contributed by atoms with Gasteiger partial charge in [0, 0.05) is 18.2 Å². The van der Waals surface area contributed by atoms with Gasteiger partial charge in [-0.2, -0.15) is 0 Å². The van der Waals surface area contributed by atoms with Crippen molar-refractivity contribution in [3.8, 4) is 0 Å².